The lowest BCUT2D eigenvalue weighted by atomic mass is 9.95. The van der Waals surface area contributed by atoms with Crippen LogP contribution in [0.5, 0.6) is 0 Å². The summed E-state index contributed by atoms with van der Waals surface area (Å²) in [5.74, 6) is 0.606. The molecule has 15 heavy (non-hydrogen) atoms. The van der Waals surface area contributed by atoms with Crippen molar-refractivity contribution in [3.05, 3.63) is 22.9 Å². The maximum atomic E-state index is 6.03. The summed E-state index contributed by atoms with van der Waals surface area (Å²) in [4.78, 5) is 4.03. The van der Waals surface area contributed by atoms with Crippen LogP contribution in [-0.2, 0) is 0 Å². The highest BCUT2D eigenvalue weighted by Gasteiger charge is 2.25. The van der Waals surface area contributed by atoms with Crippen LogP contribution in [0.4, 0.5) is 5.69 Å². The Balaban J connectivity index is 2.88. The van der Waals surface area contributed by atoms with Crippen molar-refractivity contribution < 1.29 is 0 Å². The molecule has 0 fully saturated rings. The minimum Gasteiger partial charge on any atom is -0.377 e. The molecule has 0 amide bonds. The molecule has 0 atom stereocenters. The molecule has 1 heterocycles. The average Bonchev–Trinajstić information content (AvgIpc) is 2.29. The molecule has 2 nitrogen and oxygen atoms in total. The lowest BCUT2D eigenvalue weighted by Crippen LogP contribution is -2.39. The summed E-state index contributed by atoms with van der Waals surface area (Å²) in [5.41, 5.74) is 1.03. The lowest BCUT2D eigenvalue weighted by Gasteiger charge is -2.32. The van der Waals surface area contributed by atoms with Gasteiger partial charge in [-0.15, -0.1) is 11.6 Å². The van der Waals surface area contributed by atoms with E-state index in [-0.39, 0.29) is 5.54 Å². The monoisotopic (exact) mass is 290 g/mol. The van der Waals surface area contributed by atoms with Gasteiger partial charge in [-0.2, -0.15) is 0 Å². The first kappa shape index (κ1) is 12.8. The number of rotatable bonds is 5. The minimum atomic E-state index is -0.0224. The Labute approximate surface area is 105 Å². The number of nitrogens with one attached hydrogen (secondary N) is 1. The minimum absolute atomic E-state index is 0.0224. The van der Waals surface area contributed by atoms with Crippen LogP contribution in [0.2, 0.25) is 0 Å². The molecule has 0 aliphatic heterocycles. The second kappa shape index (κ2) is 5.71. The molecular formula is C11H16BrClN2. The molecule has 0 spiro atoms. The highest BCUT2D eigenvalue weighted by molar-refractivity contribution is 9.10. The van der Waals surface area contributed by atoms with Crippen molar-refractivity contribution >= 4 is 33.2 Å². The van der Waals surface area contributed by atoms with E-state index in [0.717, 1.165) is 23.0 Å². The van der Waals surface area contributed by atoms with E-state index in [2.05, 4.69) is 40.1 Å². The van der Waals surface area contributed by atoms with Gasteiger partial charge in [0.25, 0.3) is 0 Å². The first-order valence-corrected chi connectivity index (χ1v) is 6.44. The number of alkyl halides is 1. The van der Waals surface area contributed by atoms with Crippen molar-refractivity contribution in [3.8, 4) is 0 Å². The molecule has 1 aromatic rings. The first-order valence-electron chi connectivity index (χ1n) is 5.11. The molecule has 0 saturated heterocycles. The van der Waals surface area contributed by atoms with Gasteiger partial charge in [-0.1, -0.05) is 13.8 Å². The van der Waals surface area contributed by atoms with Gasteiger partial charge in [-0.05, 0) is 34.8 Å². The highest BCUT2D eigenvalue weighted by Crippen LogP contribution is 2.28. The number of aromatic nitrogens is 1. The van der Waals surface area contributed by atoms with Crippen molar-refractivity contribution in [2.24, 2.45) is 0 Å². The Kier molecular flexibility index (Phi) is 4.87. The fourth-order valence-electron chi connectivity index (χ4n) is 1.41. The molecule has 4 heteroatoms. The second-order valence-electron chi connectivity index (χ2n) is 3.60. The Morgan fingerprint density at radius 2 is 2.13 bits per heavy atom. The van der Waals surface area contributed by atoms with E-state index in [4.69, 9.17) is 11.6 Å². The van der Waals surface area contributed by atoms with Crippen LogP contribution in [0.25, 0.3) is 0 Å². The van der Waals surface area contributed by atoms with Crippen molar-refractivity contribution in [1.82, 2.24) is 4.98 Å². The third-order valence-corrected chi connectivity index (χ3v) is 3.93. The van der Waals surface area contributed by atoms with Crippen LogP contribution in [0.3, 0.4) is 0 Å². The third kappa shape index (κ3) is 3.08. The Morgan fingerprint density at radius 1 is 1.47 bits per heavy atom. The largest absolute Gasteiger partial charge is 0.377 e. The SMILES string of the molecule is CCC(CC)(CCl)Nc1ccncc1Br. The van der Waals surface area contributed by atoms with Crippen LogP contribution in [0.15, 0.2) is 22.9 Å². The average molecular weight is 292 g/mol. The normalized spacial score (nSPS) is 11.5. The number of pyridine rings is 1. The predicted molar refractivity (Wildman–Crippen MR) is 69.6 cm³/mol. The van der Waals surface area contributed by atoms with Crippen molar-refractivity contribution in [2.45, 2.75) is 32.2 Å². The molecule has 0 aliphatic carbocycles. The smallest absolute Gasteiger partial charge is 0.0590 e. The van der Waals surface area contributed by atoms with E-state index in [9.17, 15) is 0 Å². The number of hydrogen-bond acceptors (Lipinski definition) is 2. The van der Waals surface area contributed by atoms with Gasteiger partial charge in [0, 0.05) is 18.3 Å². The molecule has 1 aromatic heterocycles. The Morgan fingerprint density at radius 3 is 2.60 bits per heavy atom. The number of nitrogens with zero attached hydrogens (tertiary/aromatic N) is 1. The van der Waals surface area contributed by atoms with Gasteiger partial charge in [0.2, 0.25) is 0 Å². The zero-order chi connectivity index (χ0) is 11.3. The summed E-state index contributed by atoms with van der Waals surface area (Å²) in [6.07, 6.45) is 5.56. The van der Waals surface area contributed by atoms with Gasteiger partial charge in [0.1, 0.15) is 0 Å². The van der Waals surface area contributed by atoms with E-state index in [0.29, 0.717) is 5.88 Å². The number of hydrogen-bond donors (Lipinski definition) is 1. The Bertz CT molecular complexity index is 305. The van der Waals surface area contributed by atoms with Gasteiger partial charge in [0.05, 0.1) is 15.7 Å². The summed E-state index contributed by atoms with van der Waals surface area (Å²) in [7, 11) is 0. The van der Waals surface area contributed by atoms with Crippen molar-refractivity contribution in [2.75, 3.05) is 11.2 Å². The molecule has 0 bridgehead atoms. The van der Waals surface area contributed by atoms with Crippen molar-refractivity contribution in [1.29, 1.82) is 0 Å². The van der Waals surface area contributed by atoms with E-state index in [1.54, 1.807) is 12.4 Å². The van der Waals surface area contributed by atoms with Crippen molar-refractivity contribution in [3.63, 3.8) is 0 Å². The summed E-state index contributed by atoms with van der Waals surface area (Å²) in [5, 5.41) is 3.49. The maximum Gasteiger partial charge on any atom is 0.0590 e. The van der Waals surface area contributed by atoms with Gasteiger partial charge in [-0.25, -0.2) is 0 Å². The van der Waals surface area contributed by atoms with Crippen LogP contribution >= 0.6 is 27.5 Å². The summed E-state index contributed by atoms with van der Waals surface area (Å²) >= 11 is 9.50. The molecule has 1 N–H and O–H groups in total. The van der Waals surface area contributed by atoms with E-state index in [1.165, 1.54) is 0 Å². The summed E-state index contributed by atoms with van der Waals surface area (Å²) in [6.45, 7) is 4.29. The second-order valence-corrected chi connectivity index (χ2v) is 4.72. The summed E-state index contributed by atoms with van der Waals surface area (Å²) in [6, 6.07) is 1.96. The van der Waals surface area contributed by atoms with Crippen LogP contribution in [0.1, 0.15) is 26.7 Å². The quantitative estimate of drug-likeness (QED) is 0.828. The highest BCUT2D eigenvalue weighted by atomic mass is 79.9. The number of halogens is 2. The van der Waals surface area contributed by atoms with Crippen LogP contribution in [-0.4, -0.2) is 16.4 Å². The molecule has 0 unspecified atom stereocenters. The number of anilines is 1. The molecule has 0 aliphatic rings. The molecule has 1 rings (SSSR count). The third-order valence-electron chi connectivity index (χ3n) is 2.78. The maximum absolute atomic E-state index is 6.03. The van der Waals surface area contributed by atoms with E-state index in [1.807, 2.05) is 6.07 Å². The van der Waals surface area contributed by atoms with Gasteiger partial charge < -0.3 is 5.32 Å². The zero-order valence-electron chi connectivity index (χ0n) is 9.06. The first-order chi connectivity index (χ1) is 7.17. The van der Waals surface area contributed by atoms with E-state index < -0.39 is 0 Å². The standard InChI is InChI=1S/C11H16BrClN2/c1-3-11(4-2,8-13)15-10-5-6-14-7-9(10)12/h5-7H,3-4,8H2,1-2H3,(H,14,15). The molecule has 0 saturated carbocycles. The Hall–Kier alpha value is -0.280. The van der Waals surface area contributed by atoms with Crippen LogP contribution < -0.4 is 5.32 Å². The molecule has 0 radical (unpaired) electrons. The van der Waals surface area contributed by atoms with Gasteiger partial charge >= 0.3 is 0 Å². The fourth-order valence-corrected chi connectivity index (χ4v) is 2.21. The summed E-state index contributed by atoms with van der Waals surface area (Å²) < 4.78 is 0.974. The van der Waals surface area contributed by atoms with Crippen LogP contribution in [0, 0.1) is 0 Å². The van der Waals surface area contributed by atoms with Gasteiger partial charge in [0.15, 0.2) is 0 Å². The van der Waals surface area contributed by atoms with E-state index >= 15 is 0 Å². The topological polar surface area (TPSA) is 24.9 Å². The molecule has 84 valence electrons. The fraction of sp³-hybridized carbons (Fsp3) is 0.545. The zero-order valence-corrected chi connectivity index (χ0v) is 11.4. The lowest BCUT2D eigenvalue weighted by molar-refractivity contribution is 0.484. The molecule has 0 aromatic carbocycles. The predicted octanol–water partition coefficient (Wildman–Crippen LogP) is 4.05. The molecular weight excluding hydrogens is 275 g/mol. The van der Waals surface area contributed by atoms with Gasteiger partial charge in [-0.3, -0.25) is 4.98 Å².